The number of benzene rings is 1. The second kappa shape index (κ2) is 9.45. The van der Waals surface area contributed by atoms with Crippen molar-refractivity contribution in [3.63, 3.8) is 0 Å². The van der Waals surface area contributed by atoms with E-state index < -0.39 is 0 Å². The molecule has 2 unspecified atom stereocenters. The van der Waals surface area contributed by atoms with Crippen molar-refractivity contribution >= 4 is 28.0 Å². The Labute approximate surface area is 176 Å². The Bertz CT molecular complexity index is 902. The minimum Gasteiger partial charge on any atom is -0.342 e. The first kappa shape index (κ1) is 20.7. The minimum atomic E-state index is 0. The van der Waals surface area contributed by atoms with Crippen LogP contribution in [0.4, 0.5) is 0 Å². The van der Waals surface area contributed by atoms with Gasteiger partial charge >= 0.3 is 0 Å². The van der Waals surface area contributed by atoms with Gasteiger partial charge < -0.3 is 16.0 Å². The number of fused-ring (bicyclic) bond motifs is 2. The van der Waals surface area contributed by atoms with Crippen LogP contribution in [-0.2, 0) is 12.8 Å². The third-order valence-corrected chi connectivity index (χ3v) is 5.39. The van der Waals surface area contributed by atoms with Crippen LogP contribution < -0.4 is 11.1 Å². The number of aryl methyl sites for hydroxylation is 1. The Hall–Kier alpha value is -2.02. The van der Waals surface area contributed by atoms with Crippen LogP contribution in [0.1, 0.15) is 42.4 Å². The van der Waals surface area contributed by atoms with Crippen molar-refractivity contribution in [1.82, 2.24) is 20.3 Å². The van der Waals surface area contributed by atoms with Gasteiger partial charge in [0.2, 0.25) is 0 Å². The number of H-pyrrole nitrogens is 1. The van der Waals surface area contributed by atoms with Crippen LogP contribution in [0.15, 0.2) is 54.7 Å². The number of imidazole rings is 1. The zero-order valence-electron chi connectivity index (χ0n) is 16.0. The van der Waals surface area contributed by atoms with Gasteiger partial charge in [0.05, 0.1) is 22.8 Å². The molecule has 1 aromatic carbocycles. The van der Waals surface area contributed by atoms with Gasteiger partial charge in [0.25, 0.3) is 0 Å². The molecular weight excluding hydrogens is 414 g/mol. The molecule has 0 aliphatic heterocycles. The molecule has 2 heterocycles. The van der Waals surface area contributed by atoms with Crippen molar-refractivity contribution < 1.29 is 0 Å². The quantitative estimate of drug-likeness (QED) is 0.483. The summed E-state index contributed by atoms with van der Waals surface area (Å²) in [7, 11) is 0. The van der Waals surface area contributed by atoms with E-state index in [0.717, 1.165) is 48.1 Å². The molecule has 2 atom stereocenters. The molecule has 3 aromatic rings. The largest absolute Gasteiger partial charge is 0.342 e. The van der Waals surface area contributed by atoms with Crippen LogP contribution in [0.25, 0.3) is 11.0 Å². The monoisotopic (exact) mass is 441 g/mol. The fourth-order valence-corrected chi connectivity index (χ4v) is 3.99. The number of nitrogens with two attached hydrogens (primary N) is 1. The molecule has 1 aliphatic carbocycles. The lowest BCUT2D eigenvalue weighted by Crippen LogP contribution is -2.38. The Morgan fingerprint density at radius 3 is 2.96 bits per heavy atom. The van der Waals surface area contributed by atoms with E-state index in [1.54, 1.807) is 0 Å². The summed E-state index contributed by atoms with van der Waals surface area (Å²) in [5, 5.41) is 3.81. The molecule has 2 aromatic heterocycles. The van der Waals surface area contributed by atoms with E-state index in [0.29, 0.717) is 6.54 Å². The van der Waals surface area contributed by atoms with E-state index in [2.05, 4.69) is 34.0 Å². The van der Waals surface area contributed by atoms with Crippen LogP contribution in [0.3, 0.4) is 0 Å². The molecule has 4 N–H and O–H groups in total. The summed E-state index contributed by atoms with van der Waals surface area (Å²) in [4.78, 5) is 12.8. The smallest absolute Gasteiger partial charge is 0.109 e. The molecule has 6 heteroatoms. The summed E-state index contributed by atoms with van der Waals surface area (Å²) < 4.78 is 0. The van der Waals surface area contributed by atoms with Crippen molar-refractivity contribution in [3.8, 4) is 0 Å². The first-order valence-corrected chi connectivity index (χ1v) is 9.76. The van der Waals surface area contributed by atoms with Crippen molar-refractivity contribution in [3.05, 3.63) is 71.8 Å². The highest BCUT2D eigenvalue weighted by atomic mass is 79.9. The van der Waals surface area contributed by atoms with Gasteiger partial charge in [-0.2, -0.15) is 0 Å². The molecule has 0 amide bonds. The molecular formula is C22H28BrN5. The first-order valence-electron chi connectivity index (χ1n) is 9.76. The third-order valence-electron chi connectivity index (χ3n) is 5.39. The average Bonchev–Trinajstić information content (AvgIpc) is 3.10. The molecule has 4 rings (SSSR count). The molecule has 0 saturated heterocycles. The summed E-state index contributed by atoms with van der Waals surface area (Å²) in [5.74, 6) is 0.976. The highest BCUT2D eigenvalue weighted by Crippen LogP contribution is 2.29. The number of hydrogen-bond donors (Lipinski definition) is 3. The Balaban J connectivity index is 0.00000225. The molecule has 148 valence electrons. The Morgan fingerprint density at radius 1 is 1.29 bits per heavy atom. The van der Waals surface area contributed by atoms with Crippen LogP contribution >= 0.6 is 17.0 Å². The van der Waals surface area contributed by atoms with Gasteiger partial charge in [-0.3, -0.25) is 4.98 Å². The van der Waals surface area contributed by atoms with E-state index in [4.69, 9.17) is 10.7 Å². The van der Waals surface area contributed by atoms with Crippen molar-refractivity contribution in [2.45, 2.75) is 44.2 Å². The number of aromatic amines is 1. The molecule has 28 heavy (non-hydrogen) atoms. The number of pyridine rings is 1. The molecule has 0 radical (unpaired) electrons. The van der Waals surface area contributed by atoms with Crippen LogP contribution in [0, 0.1) is 0 Å². The normalized spacial score (nSPS) is 17.0. The Morgan fingerprint density at radius 2 is 2.14 bits per heavy atom. The lowest BCUT2D eigenvalue weighted by molar-refractivity contribution is 0.402. The van der Waals surface area contributed by atoms with E-state index in [1.807, 2.05) is 30.5 Å². The number of nitrogens with zero attached hydrogens (tertiary/aromatic N) is 2. The van der Waals surface area contributed by atoms with Gasteiger partial charge in [-0.15, -0.1) is 17.0 Å². The maximum atomic E-state index is 5.81. The molecule has 0 spiro atoms. The fraction of sp³-hybridized carbons (Fsp3) is 0.364. The predicted molar refractivity (Wildman–Crippen MR) is 120 cm³/mol. The van der Waals surface area contributed by atoms with Gasteiger partial charge in [0.1, 0.15) is 5.82 Å². The fourth-order valence-electron chi connectivity index (χ4n) is 3.99. The topological polar surface area (TPSA) is 79.6 Å². The van der Waals surface area contributed by atoms with Crippen molar-refractivity contribution in [2.75, 3.05) is 6.54 Å². The number of nitrogens with one attached hydrogen (secondary N) is 2. The van der Waals surface area contributed by atoms with Crippen molar-refractivity contribution in [2.24, 2.45) is 5.73 Å². The molecule has 0 saturated carbocycles. The second-order valence-corrected chi connectivity index (χ2v) is 7.31. The molecule has 0 fully saturated rings. The SMILES string of the molecule is Br.C=C(CCN)C(Cc1nc2ccccc2[nH]1)NC1CCCc2cccnc21. The van der Waals surface area contributed by atoms with Gasteiger partial charge in [0.15, 0.2) is 0 Å². The number of halogens is 1. The minimum absolute atomic E-state index is 0. The van der Waals surface area contributed by atoms with Crippen molar-refractivity contribution in [1.29, 1.82) is 0 Å². The number of rotatable bonds is 7. The van der Waals surface area contributed by atoms with Gasteiger partial charge in [-0.05, 0) is 56.0 Å². The number of hydrogen-bond acceptors (Lipinski definition) is 4. The number of para-hydroxylation sites is 2. The van der Waals surface area contributed by atoms with E-state index in [9.17, 15) is 0 Å². The molecule has 5 nitrogen and oxygen atoms in total. The third kappa shape index (κ3) is 4.51. The predicted octanol–water partition coefficient (Wildman–Crippen LogP) is 4.02. The van der Waals surface area contributed by atoms with Crippen LogP contribution in [-0.4, -0.2) is 27.5 Å². The summed E-state index contributed by atoms with van der Waals surface area (Å²) in [6, 6.07) is 12.7. The van der Waals surface area contributed by atoms with E-state index >= 15 is 0 Å². The molecule has 1 aliphatic rings. The average molecular weight is 442 g/mol. The maximum absolute atomic E-state index is 5.81. The summed E-state index contributed by atoms with van der Waals surface area (Å²) in [6.07, 6.45) is 6.85. The Kier molecular flexibility index (Phi) is 6.99. The lowest BCUT2D eigenvalue weighted by Gasteiger charge is -2.30. The van der Waals surface area contributed by atoms with Crippen LogP contribution in [0.2, 0.25) is 0 Å². The number of aromatic nitrogens is 3. The van der Waals surface area contributed by atoms with E-state index in [1.165, 1.54) is 17.7 Å². The first-order chi connectivity index (χ1) is 13.2. The van der Waals surface area contributed by atoms with Crippen LogP contribution in [0.5, 0.6) is 0 Å². The standard InChI is InChI=1S/C22H27N5.BrH/c1-15(11-12-23)20(14-21-26-17-8-2-3-9-18(17)27-21)25-19-10-4-6-16-7-5-13-24-22(16)19;/h2-3,5,7-9,13,19-20,25H,1,4,6,10-12,14,23H2,(H,26,27);1H. The summed E-state index contributed by atoms with van der Waals surface area (Å²) >= 11 is 0. The lowest BCUT2D eigenvalue weighted by atomic mass is 9.90. The maximum Gasteiger partial charge on any atom is 0.109 e. The zero-order chi connectivity index (χ0) is 18.6. The highest BCUT2D eigenvalue weighted by molar-refractivity contribution is 8.93. The van der Waals surface area contributed by atoms with E-state index in [-0.39, 0.29) is 29.1 Å². The zero-order valence-corrected chi connectivity index (χ0v) is 17.7. The molecule has 0 bridgehead atoms. The van der Waals surface area contributed by atoms with Gasteiger partial charge in [-0.25, -0.2) is 4.98 Å². The van der Waals surface area contributed by atoms with Gasteiger partial charge in [-0.1, -0.05) is 30.4 Å². The highest BCUT2D eigenvalue weighted by Gasteiger charge is 2.25. The second-order valence-electron chi connectivity index (χ2n) is 7.31. The van der Waals surface area contributed by atoms with Gasteiger partial charge in [0, 0.05) is 18.7 Å². The summed E-state index contributed by atoms with van der Waals surface area (Å²) in [6.45, 7) is 4.92. The summed E-state index contributed by atoms with van der Waals surface area (Å²) in [5.41, 5.74) is 11.5.